The molecule has 1 heterocycles. The minimum atomic E-state index is 0.266. The normalized spacial score (nSPS) is 18.6. The smallest absolute Gasteiger partial charge is 0.138 e. The van der Waals surface area contributed by atoms with E-state index >= 15 is 0 Å². The molecule has 0 amide bonds. The molecule has 1 aliphatic rings. The van der Waals surface area contributed by atoms with Gasteiger partial charge in [-0.1, -0.05) is 140 Å². The Kier molecular flexibility index (Phi) is 29.2. The molecule has 0 spiro atoms. The van der Waals surface area contributed by atoms with Crippen LogP contribution in [-0.4, -0.2) is 57.1 Å². The van der Waals surface area contributed by atoms with Crippen LogP contribution in [0.1, 0.15) is 168 Å². The van der Waals surface area contributed by atoms with Crippen LogP contribution in [0.2, 0.25) is 0 Å². The number of likely N-dealkylation sites (tertiary alicyclic amines) is 1. The second kappa shape index (κ2) is 31.4. The molecule has 1 fully saturated rings. The largest absolute Gasteiger partial charge is 0.369 e. The summed E-state index contributed by atoms with van der Waals surface area (Å²) in [6, 6.07) is 0. The van der Waals surface area contributed by atoms with Crippen molar-refractivity contribution in [2.75, 3.05) is 40.4 Å². The van der Waals surface area contributed by atoms with Crippen molar-refractivity contribution in [3.63, 3.8) is 0 Å². The lowest BCUT2D eigenvalue weighted by atomic mass is 10.1. The minimum absolute atomic E-state index is 0.266. The van der Waals surface area contributed by atoms with Crippen LogP contribution < -0.4 is 0 Å². The van der Waals surface area contributed by atoms with Gasteiger partial charge in [-0.3, -0.25) is 0 Å². The highest BCUT2D eigenvalue weighted by Gasteiger charge is 2.41. The Bertz CT molecular complexity index is 677. The fraction of sp³-hybridized carbons (Fsp3) is 0.810. The van der Waals surface area contributed by atoms with E-state index in [1.165, 1.54) is 141 Å². The van der Waals surface area contributed by atoms with E-state index in [0.29, 0.717) is 0 Å². The zero-order chi connectivity index (χ0) is 32.5. The molecule has 0 aliphatic carbocycles. The molecule has 0 saturated carbocycles. The maximum absolute atomic E-state index is 6.39. The number of hydrogen-bond donors (Lipinski definition) is 0. The molecule has 0 aromatic rings. The second-order valence-corrected chi connectivity index (χ2v) is 14.3. The molecule has 1 rings (SSSR count). The third kappa shape index (κ3) is 27.6. The Labute approximate surface area is 282 Å². The molecular weight excluding hydrogens is 550 g/mol. The molecular formula is C42H78NO2+. The number of unbranched alkanes of at least 4 members (excludes halogenated alkanes) is 18. The summed E-state index contributed by atoms with van der Waals surface area (Å²) in [5, 5.41) is 0. The molecule has 0 radical (unpaired) electrons. The van der Waals surface area contributed by atoms with Gasteiger partial charge in [0.05, 0.1) is 14.1 Å². The summed E-state index contributed by atoms with van der Waals surface area (Å²) in [6.45, 7) is 8.48. The highest BCUT2D eigenvalue weighted by molar-refractivity contribution is 4.93. The highest BCUT2D eigenvalue weighted by atomic mass is 16.5. The quantitative estimate of drug-likeness (QED) is 0.0419. The number of hydrogen-bond acceptors (Lipinski definition) is 2. The summed E-state index contributed by atoms with van der Waals surface area (Å²) in [5.74, 6) is 0. The van der Waals surface area contributed by atoms with Gasteiger partial charge in [0.15, 0.2) is 0 Å². The topological polar surface area (TPSA) is 18.5 Å². The Morgan fingerprint density at radius 3 is 1.09 bits per heavy atom. The molecule has 2 atom stereocenters. The first kappa shape index (κ1) is 41.9. The van der Waals surface area contributed by atoms with E-state index in [9.17, 15) is 0 Å². The lowest BCUT2D eigenvalue weighted by Gasteiger charge is -2.22. The molecule has 0 N–H and O–H groups in total. The lowest BCUT2D eigenvalue weighted by Crippen LogP contribution is -2.38. The standard InChI is InChI=1S/C42H78NO2/c1-5-7-9-11-13-15-17-19-21-23-25-27-29-31-33-35-37-44-41-39-43(3,4)40-42(41)45-38-36-34-32-30-28-26-24-22-20-18-16-14-12-10-8-6-2/h13-16,19-22,41-42H,5-12,17-18,23-40H2,1-4H3/q+1/t41-,42-/m1/s1. The van der Waals surface area contributed by atoms with E-state index in [-0.39, 0.29) is 12.2 Å². The van der Waals surface area contributed by atoms with E-state index in [0.717, 1.165) is 43.6 Å². The molecule has 1 saturated heterocycles. The summed E-state index contributed by atoms with van der Waals surface area (Å²) in [6.07, 6.45) is 50.3. The van der Waals surface area contributed by atoms with Gasteiger partial charge in [0.25, 0.3) is 0 Å². The second-order valence-electron chi connectivity index (χ2n) is 14.3. The SMILES string of the molecule is CCCCCC=CCC=CCCCCCCCCO[C@@H]1C[N+](C)(C)C[C@H]1OCCCCCCCCC=CCC=CCCCCC. The number of rotatable bonds is 32. The summed E-state index contributed by atoms with van der Waals surface area (Å²) >= 11 is 0. The summed E-state index contributed by atoms with van der Waals surface area (Å²) in [7, 11) is 4.64. The molecule has 0 unspecified atom stereocenters. The van der Waals surface area contributed by atoms with Crippen molar-refractivity contribution >= 4 is 0 Å². The Morgan fingerprint density at radius 2 is 0.733 bits per heavy atom. The molecule has 45 heavy (non-hydrogen) atoms. The molecule has 0 aromatic heterocycles. The van der Waals surface area contributed by atoms with Crippen molar-refractivity contribution in [2.24, 2.45) is 0 Å². The molecule has 1 aliphatic heterocycles. The zero-order valence-electron chi connectivity index (χ0n) is 30.8. The monoisotopic (exact) mass is 629 g/mol. The number of quaternary nitrogens is 1. The maximum atomic E-state index is 6.39. The van der Waals surface area contributed by atoms with Crippen molar-refractivity contribution in [2.45, 2.75) is 180 Å². The van der Waals surface area contributed by atoms with Crippen LogP contribution in [0, 0.1) is 0 Å². The van der Waals surface area contributed by atoms with Gasteiger partial charge in [-0.05, 0) is 77.0 Å². The minimum Gasteiger partial charge on any atom is -0.369 e. The number of allylic oxidation sites excluding steroid dienone is 8. The van der Waals surface area contributed by atoms with Crippen LogP contribution in [0.15, 0.2) is 48.6 Å². The van der Waals surface area contributed by atoms with Gasteiger partial charge in [0, 0.05) is 13.2 Å². The van der Waals surface area contributed by atoms with E-state index in [2.05, 4.69) is 76.6 Å². The first-order valence-corrected chi connectivity index (χ1v) is 19.7. The number of nitrogens with zero attached hydrogens (tertiary/aromatic N) is 1. The van der Waals surface area contributed by atoms with Crippen LogP contribution in [0.5, 0.6) is 0 Å². The lowest BCUT2D eigenvalue weighted by molar-refractivity contribution is -0.880. The van der Waals surface area contributed by atoms with Gasteiger partial charge in [0.2, 0.25) is 0 Å². The van der Waals surface area contributed by atoms with Crippen molar-refractivity contribution in [3.8, 4) is 0 Å². The van der Waals surface area contributed by atoms with Crippen molar-refractivity contribution in [1.29, 1.82) is 0 Å². The number of ether oxygens (including phenoxy) is 2. The van der Waals surface area contributed by atoms with E-state index in [1.54, 1.807) is 0 Å². The van der Waals surface area contributed by atoms with Crippen LogP contribution in [0.3, 0.4) is 0 Å². The Balaban J connectivity index is 1.96. The predicted octanol–water partition coefficient (Wildman–Crippen LogP) is 12.5. The number of likely N-dealkylation sites (N-methyl/N-ethyl adjacent to an activating group) is 1. The van der Waals surface area contributed by atoms with Crippen LogP contribution in [0.4, 0.5) is 0 Å². The average molecular weight is 629 g/mol. The van der Waals surface area contributed by atoms with Crippen LogP contribution in [0.25, 0.3) is 0 Å². The molecule has 262 valence electrons. The van der Waals surface area contributed by atoms with Gasteiger partial charge >= 0.3 is 0 Å². The third-order valence-electron chi connectivity index (χ3n) is 9.12. The summed E-state index contributed by atoms with van der Waals surface area (Å²) in [4.78, 5) is 0. The maximum Gasteiger partial charge on any atom is 0.138 e. The molecule has 3 nitrogen and oxygen atoms in total. The fourth-order valence-electron chi connectivity index (χ4n) is 6.25. The average Bonchev–Trinajstić information content (AvgIpc) is 3.32. The fourth-order valence-corrected chi connectivity index (χ4v) is 6.25. The Hall–Kier alpha value is -1.16. The van der Waals surface area contributed by atoms with E-state index in [1.807, 2.05) is 0 Å². The van der Waals surface area contributed by atoms with Gasteiger partial charge < -0.3 is 14.0 Å². The molecule has 0 aromatic carbocycles. The van der Waals surface area contributed by atoms with E-state index in [4.69, 9.17) is 9.47 Å². The highest BCUT2D eigenvalue weighted by Crippen LogP contribution is 2.22. The first-order chi connectivity index (χ1) is 22.1. The Morgan fingerprint density at radius 1 is 0.422 bits per heavy atom. The van der Waals surface area contributed by atoms with Gasteiger partial charge in [-0.15, -0.1) is 0 Å². The zero-order valence-corrected chi connectivity index (χ0v) is 30.8. The van der Waals surface area contributed by atoms with E-state index < -0.39 is 0 Å². The first-order valence-electron chi connectivity index (χ1n) is 19.7. The summed E-state index contributed by atoms with van der Waals surface area (Å²) in [5.41, 5.74) is 0. The van der Waals surface area contributed by atoms with Gasteiger partial charge in [-0.2, -0.15) is 0 Å². The summed E-state index contributed by atoms with van der Waals surface area (Å²) < 4.78 is 13.8. The molecule has 0 bridgehead atoms. The van der Waals surface area contributed by atoms with Gasteiger partial charge in [-0.25, -0.2) is 0 Å². The van der Waals surface area contributed by atoms with Crippen LogP contribution >= 0.6 is 0 Å². The van der Waals surface area contributed by atoms with Crippen molar-refractivity contribution in [1.82, 2.24) is 0 Å². The van der Waals surface area contributed by atoms with Gasteiger partial charge in [0.1, 0.15) is 25.3 Å². The van der Waals surface area contributed by atoms with Crippen molar-refractivity contribution < 1.29 is 14.0 Å². The van der Waals surface area contributed by atoms with Crippen molar-refractivity contribution in [3.05, 3.63) is 48.6 Å². The predicted molar refractivity (Wildman–Crippen MR) is 200 cm³/mol. The molecule has 3 heteroatoms. The van der Waals surface area contributed by atoms with Crippen LogP contribution in [-0.2, 0) is 9.47 Å². The third-order valence-corrected chi connectivity index (χ3v) is 9.12.